The highest BCUT2D eigenvalue weighted by atomic mass is 32.2. The van der Waals surface area contributed by atoms with Crippen molar-refractivity contribution in [2.75, 3.05) is 37.7 Å². The molecule has 0 atom stereocenters. The smallest absolute Gasteiger partial charge is 0.229 e. The zero-order valence-corrected chi connectivity index (χ0v) is 15.8. The van der Waals surface area contributed by atoms with E-state index in [9.17, 15) is 8.42 Å². The van der Waals surface area contributed by atoms with Crippen molar-refractivity contribution in [3.63, 3.8) is 0 Å². The van der Waals surface area contributed by atoms with Gasteiger partial charge in [0.1, 0.15) is 12.4 Å². The van der Waals surface area contributed by atoms with Gasteiger partial charge in [0.15, 0.2) is 0 Å². The minimum absolute atomic E-state index is 0.589. The molecule has 0 fully saturated rings. The van der Waals surface area contributed by atoms with E-state index in [2.05, 4.69) is 16.7 Å². The molecule has 0 bridgehead atoms. The van der Waals surface area contributed by atoms with Gasteiger partial charge in [-0.2, -0.15) is 0 Å². The van der Waals surface area contributed by atoms with Gasteiger partial charge in [-0.1, -0.05) is 30.3 Å². The minimum atomic E-state index is -3.22. The number of aryl methyl sites for hydroxylation is 1. The number of benzene rings is 2. The number of hydrogen-bond donors (Lipinski definition) is 1. The minimum Gasteiger partial charge on any atom is -0.492 e. The van der Waals surface area contributed by atoms with Crippen LogP contribution in [0.25, 0.3) is 0 Å². The van der Waals surface area contributed by atoms with Crippen LogP contribution in [-0.2, 0) is 16.4 Å². The van der Waals surface area contributed by atoms with E-state index in [0.717, 1.165) is 37.1 Å². The summed E-state index contributed by atoms with van der Waals surface area (Å²) in [5.74, 6) is 0.935. The van der Waals surface area contributed by atoms with E-state index in [1.165, 1.54) is 5.56 Å². The molecule has 0 radical (unpaired) electrons. The zero-order valence-electron chi connectivity index (χ0n) is 15.0. The normalized spacial score (nSPS) is 11.5. The van der Waals surface area contributed by atoms with Crippen LogP contribution in [0.1, 0.15) is 11.1 Å². The first kappa shape index (κ1) is 19.3. The summed E-state index contributed by atoms with van der Waals surface area (Å²) >= 11 is 0. The average molecular weight is 362 g/mol. The highest BCUT2D eigenvalue weighted by molar-refractivity contribution is 7.92. The molecule has 0 aliphatic heterocycles. The Labute approximate surface area is 150 Å². The molecule has 2 rings (SSSR count). The molecule has 0 unspecified atom stereocenters. The van der Waals surface area contributed by atoms with Crippen LogP contribution >= 0.6 is 0 Å². The number of nitrogens with one attached hydrogen (secondary N) is 1. The van der Waals surface area contributed by atoms with Gasteiger partial charge in [0.2, 0.25) is 10.0 Å². The van der Waals surface area contributed by atoms with Gasteiger partial charge in [0, 0.05) is 18.8 Å². The van der Waals surface area contributed by atoms with E-state index >= 15 is 0 Å². The summed E-state index contributed by atoms with van der Waals surface area (Å²) in [5, 5.41) is 0. The molecule has 1 N–H and O–H groups in total. The van der Waals surface area contributed by atoms with Crippen molar-refractivity contribution in [1.29, 1.82) is 0 Å². The molecule has 5 nitrogen and oxygen atoms in total. The van der Waals surface area contributed by atoms with Gasteiger partial charge in [-0.3, -0.25) is 4.72 Å². The number of ether oxygens (including phenoxy) is 1. The van der Waals surface area contributed by atoms with Crippen LogP contribution in [-0.4, -0.2) is 46.3 Å². The molecule has 0 saturated heterocycles. The van der Waals surface area contributed by atoms with Gasteiger partial charge in [-0.15, -0.1) is 0 Å². The van der Waals surface area contributed by atoms with Gasteiger partial charge in [-0.25, -0.2) is 8.42 Å². The van der Waals surface area contributed by atoms with Crippen molar-refractivity contribution in [2.24, 2.45) is 0 Å². The summed E-state index contributed by atoms with van der Waals surface area (Å²) in [6.07, 6.45) is 2.05. The number of para-hydroxylation sites is 1. The van der Waals surface area contributed by atoms with Crippen LogP contribution < -0.4 is 9.46 Å². The van der Waals surface area contributed by atoms with Crippen molar-refractivity contribution in [3.05, 3.63) is 59.7 Å². The van der Waals surface area contributed by atoms with E-state index in [1.54, 1.807) is 12.1 Å². The maximum absolute atomic E-state index is 11.2. The first-order valence-electron chi connectivity index (χ1n) is 8.27. The second-order valence-electron chi connectivity index (χ2n) is 6.24. The molecule has 25 heavy (non-hydrogen) atoms. The lowest BCUT2D eigenvalue weighted by molar-refractivity contribution is 0.238. The summed E-state index contributed by atoms with van der Waals surface area (Å²) in [6, 6.07) is 15.5. The molecule has 6 heteroatoms. The standard InChI is InChI=1S/C19H26N2O3S/c1-16-6-4-5-7-19(16)24-15-14-21(2)13-12-17-8-10-18(11-9-17)20-25(3,22)23/h4-11,20H,12-15H2,1-3H3. The number of likely N-dealkylation sites (N-methyl/N-ethyl adjacent to an activating group) is 1. The Morgan fingerprint density at radius 3 is 2.36 bits per heavy atom. The van der Waals surface area contributed by atoms with E-state index in [-0.39, 0.29) is 0 Å². The van der Waals surface area contributed by atoms with E-state index in [0.29, 0.717) is 12.3 Å². The molecule has 0 aliphatic carbocycles. The molecule has 0 aromatic heterocycles. The Morgan fingerprint density at radius 1 is 1.04 bits per heavy atom. The second kappa shape index (κ2) is 8.87. The van der Waals surface area contributed by atoms with Crippen molar-refractivity contribution >= 4 is 15.7 Å². The third kappa shape index (κ3) is 7.15. The van der Waals surface area contributed by atoms with E-state index in [4.69, 9.17) is 4.74 Å². The second-order valence-corrected chi connectivity index (χ2v) is 7.99. The topological polar surface area (TPSA) is 58.6 Å². The lowest BCUT2D eigenvalue weighted by atomic mass is 10.1. The third-order valence-electron chi connectivity index (χ3n) is 3.86. The van der Waals surface area contributed by atoms with Gasteiger partial charge in [0.25, 0.3) is 0 Å². The number of rotatable bonds is 9. The maximum Gasteiger partial charge on any atom is 0.229 e. The highest BCUT2D eigenvalue weighted by Crippen LogP contribution is 2.16. The summed E-state index contributed by atoms with van der Waals surface area (Å²) in [6.45, 7) is 4.46. The van der Waals surface area contributed by atoms with E-state index < -0.39 is 10.0 Å². The number of anilines is 1. The lowest BCUT2D eigenvalue weighted by Crippen LogP contribution is -2.26. The van der Waals surface area contributed by atoms with Crippen LogP contribution in [0.15, 0.2) is 48.5 Å². The third-order valence-corrected chi connectivity index (χ3v) is 4.47. The lowest BCUT2D eigenvalue weighted by Gasteiger charge is -2.17. The quantitative estimate of drug-likeness (QED) is 0.745. The fraction of sp³-hybridized carbons (Fsp3) is 0.368. The van der Waals surface area contributed by atoms with Crippen LogP contribution in [0.3, 0.4) is 0 Å². The molecular weight excluding hydrogens is 336 g/mol. The maximum atomic E-state index is 11.2. The van der Waals surface area contributed by atoms with Crippen molar-refractivity contribution in [2.45, 2.75) is 13.3 Å². The predicted octanol–water partition coefficient (Wildman–Crippen LogP) is 2.92. The van der Waals surface area contributed by atoms with Crippen molar-refractivity contribution in [3.8, 4) is 5.75 Å². The zero-order chi connectivity index (χ0) is 18.3. The Kier molecular flexibility index (Phi) is 6.84. The first-order valence-corrected chi connectivity index (χ1v) is 10.2. The van der Waals surface area contributed by atoms with Gasteiger partial charge >= 0.3 is 0 Å². The molecular formula is C19H26N2O3S. The molecule has 2 aromatic carbocycles. The Hall–Kier alpha value is -2.05. The van der Waals surface area contributed by atoms with Crippen LogP contribution in [0.2, 0.25) is 0 Å². The number of nitrogens with zero attached hydrogens (tertiary/aromatic N) is 1. The molecule has 0 heterocycles. The van der Waals surface area contributed by atoms with Crippen LogP contribution in [0, 0.1) is 6.92 Å². The average Bonchev–Trinajstić information content (AvgIpc) is 2.54. The fourth-order valence-corrected chi connectivity index (χ4v) is 2.98. The predicted molar refractivity (Wildman–Crippen MR) is 103 cm³/mol. The summed E-state index contributed by atoms with van der Waals surface area (Å²) < 4.78 is 30.7. The van der Waals surface area contributed by atoms with Gasteiger partial charge in [-0.05, 0) is 49.7 Å². The molecule has 0 aliphatic rings. The Bertz CT molecular complexity index is 774. The Balaban J connectivity index is 1.72. The van der Waals surface area contributed by atoms with Crippen molar-refractivity contribution < 1.29 is 13.2 Å². The number of sulfonamides is 1. The van der Waals surface area contributed by atoms with E-state index in [1.807, 2.05) is 43.3 Å². The molecule has 0 amide bonds. The van der Waals surface area contributed by atoms with Crippen LogP contribution in [0.5, 0.6) is 5.75 Å². The monoisotopic (exact) mass is 362 g/mol. The first-order chi connectivity index (χ1) is 11.8. The largest absolute Gasteiger partial charge is 0.492 e. The molecule has 136 valence electrons. The fourth-order valence-electron chi connectivity index (χ4n) is 2.42. The van der Waals surface area contributed by atoms with Gasteiger partial charge in [0.05, 0.1) is 6.26 Å². The summed E-state index contributed by atoms with van der Waals surface area (Å²) in [4.78, 5) is 2.22. The molecule has 0 spiro atoms. The number of hydrogen-bond acceptors (Lipinski definition) is 4. The Morgan fingerprint density at radius 2 is 1.72 bits per heavy atom. The van der Waals surface area contributed by atoms with Gasteiger partial charge < -0.3 is 9.64 Å². The van der Waals surface area contributed by atoms with Crippen LogP contribution in [0.4, 0.5) is 5.69 Å². The molecule has 0 saturated carbocycles. The summed E-state index contributed by atoms with van der Waals surface area (Å²) in [5.41, 5.74) is 2.91. The highest BCUT2D eigenvalue weighted by Gasteiger charge is 2.04. The molecule has 2 aromatic rings. The summed E-state index contributed by atoms with van der Waals surface area (Å²) in [7, 11) is -1.15. The SMILES string of the molecule is Cc1ccccc1OCCN(C)CCc1ccc(NS(C)(=O)=O)cc1. The van der Waals surface area contributed by atoms with Crippen molar-refractivity contribution in [1.82, 2.24) is 4.90 Å².